The SMILES string of the molecule is O=C(NCc1ccc(F)cc1)C1CCN(C(=O)c2ccccc2Cl)CC1. The summed E-state index contributed by atoms with van der Waals surface area (Å²) in [6, 6.07) is 13.0. The van der Waals surface area contributed by atoms with Gasteiger partial charge in [-0.1, -0.05) is 35.9 Å². The Morgan fingerprint density at radius 2 is 1.73 bits per heavy atom. The van der Waals surface area contributed by atoms with Crippen LogP contribution in [0.15, 0.2) is 48.5 Å². The number of carbonyl (C=O) groups is 2. The van der Waals surface area contributed by atoms with Crippen molar-refractivity contribution in [2.75, 3.05) is 13.1 Å². The summed E-state index contributed by atoms with van der Waals surface area (Å²) in [4.78, 5) is 26.6. The molecule has 1 N–H and O–H groups in total. The van der Waals surface area contributed by atoms with E-state index in [1.165, 1.54) is 12.1 Å². The summed E-state index contributed by atoms with van der Waals surface area (Å²) in [6.07, 6.45) is 1.23. The molecule has 136 valence electrons. The number of hydrogen-bond donors (Lipinski definition) is 1. The number of carbonyl (C=O) groups excluding carboxylic acids is 2. The lowest BCUT2D eigenvalue weighted by atomic mass is 9.95. The van der Waals surface area contributed by atoms with E-state index < -0.39 is 0 Å². The Balaban J connectivity index is 1.50. The summed E-state index contributed by atoms with van der Waals surface area (Å²) in [5, 5.41) is 3.33. The Bertz CT molecular complexity index is 787. The van der Waals surface area contributed by atoms with Crippen LogP contribution in [0, 0.1) is 11.7 Å². The zero-order valence-electron chi connectivity index (χ0n) is 14.3. The van der Waals surface area contributed by atoms with E-state index in [4.69, 9.17) is 11.6 Å². The van der Waals surface area contributed by atoms with Crippen LogP contribution in [0.2, 0.25) is 5.02 Å². The molecule has 1 aliphatic heterocycles. The fourth-order valence-corrected chi connectivity index (χ4v) is 3.30. The number of nitrogens with zero attached hydrogens (tertiary/aromatic N) is 1. The first-order chi connectivity index (χ1) is 12.5. The zero-order chi connectivity index (χ0) is 18.5. The van der Waals surface area contributed by atoms with Gasteiger partial charge in [0.2, 0.25) is 5.91 Å². The van der Waals surface area contributed by atoms with Crippen molar-refractivity contribution in [2.24, 2.45) is 5.92 Å². The summed E-state index contributed by atoms with van der Waals surface area (Å²) >= 11 is 6.09. The smallest absolute Gasteiger partial charge is 0.255 e. The molecule has 4 nitrogen and oxygen atoms in total. The Morgan fingerprint density at radius 3 is 2.38 bits per heavy atom. The quantitative estimate of drug-likeness (QED) is 0.888. The third-order valence-corrected chi connectivity index (χ3v) is 4.97. The fraction of sp³-hybridized carbons (Fsp3) is 0.300. The number of rotatable bonds is 4. The van der Waals surface area contributed by atoms with Crippen LogP contribution in [0.25, 0.3) is 0 Å². The number of amides is 2. The van der Waals surface area contributed by atoms with Gasteiger partial charge in [-0.15, -0.1) is 0 Å². The highest BCUT2D eigenvalue weighted by molar-refractivity contribution is 6.33. The average molecular weight is 375 g/mol. The first-order valence-electron chi connectivity index (χ1n) is 8.60. The standard InChI is InChI=1S/C20H20ClFN2O2/c21-18-4-2-1-3-17(18)20(26)24-11-9-15(10-12-24)19(25)23-13-14-5-7-16(22)8-6-14/h1-8,15H,9-13H2,(H,23,25). The summed E-state index contributed by atoms with van der Waals surface area (Å²) in [5.74, 6) is -0.540. The van der Waals surface area contributed by atoms with E-state index >= 15 is 0 Å². The van der Waals surface area contributed by atoms with Crippen molar-refractivity contribution in [3.8, 4) is 0 Å². The predicted octanol–water partition coefficient (Wildman–Crippen LogP) is 3.65. The van der Waals surface area contributed by atoms with Crippen molar-refractivity contribution in [1.29, 1.82) is 0 Å². The molecule has 2 aromatic carbocycles. The van der Waals surface area contributed by atoms with Crippen molar-refractivity contribution in [3.63, 3.8) is 0 Å². The van der Waals surface area contributed by atoms with Crippen molar-refractivity contribution in [1.82, 2.24) is 10.2 Å². The Kier molecular flexibility index (Phi) is 5.89. The molecule has 0 unspecified atom stereocenters. The summed E-state index contributed by atoms with van der Waals surface area (Å²) < 4.78 is 12.9. The molecular formula is C20H20ClFN2O2. The summed E-state index contributed by atoms with van der Waals surface area (Å²) in [7, 11) is 0. The maximum absolute atomic E-state index is 12.9. The molecule has 1 heterocycles. The van der Waals surface area contributed by atoms with E-state index in [9.17, 15) is 14.0 Å². The van der Waals surface area contributed by atoms with Crippen molar-refractivity contribution in [3.05, 3.63) is 70.5 Å². The van der Waals surface area contributed by atoms with Crippen LogP contribution in [0.3, 0.4) is 0 Å². The lowest BCUT2D eigenvalue weighted by Crippen LogP contribution is -2.43. The number of nitrogens with one attached hydrogen (secondary N) is 1. The second-order valence-corrected chi connectivity index (χ2v) is 6.80. The molecule has 0 saturated carbocycles. The molecule has 2 amide bonds. The average Bonchev–Trinajstić information content (AvgIpc) is 2.67. The van der Waals surface area contributed by atoms with Crippen LogP contribution in [0.4, 0.5) is 4.39 Å². The number of piperidine rings is 1. The van der Waals surface area contributed by atoms with Crippen LogP contribution in [0.1, 0.15) is 28.8 Å². The highest BCUT2D eigenvalue weighted by atomic mass is 35.5. The van der Waals surface area contributed by atoms with Crippen LogP contribution < -0.4 is 5.32 Å². The van der Waals surface area contributed by atoms with Crippen LogP contribution in [-0.4, -0.2) is 29.8 Å². The van der Waals surface area contributed by atoms with E-state index in [0.717, 1.165) is 5.56 Å². The van der Waals surface area contributed by atoms with Crippen molar-refractivity contribution in [2.45, 2.75) is 19.4 Å². The van der Waals surface area contributed by atoms with Gasteiger partial charge in [-0.25, -0.2) is 4.39 Å². The summed E-state index contributed by atoms with van der Waals surface area (Å²) in [6.45, 7) is 1.43. The highest BCUT2D eigenvalue weighted by Gasteiger charge is 2.28. The molecule has 2 aromatic rings. The minimum atomic E-state index is -0.296. The highest BCUT2D eigenvalue weighted by Crippen LogP contribution is 2.22. The Labute approximate surface area is 157 Å². The van der Waals surface area contributed by atoms with Crippen LogP contribution in [0.5, 0.6) is 0 Å². The topological polar surface area (TPSA) is 49.4 Å². The molecule has 1 fully saturated rings. The number of benzene rings is 2. The third-order valence-electron chi connectivity index (χ3n) is 4.64. The summed E-state index contributed by atoms with van der Waals surface area (Å²) in [5.41, 5.74) is 1.35. The molecule has 0 bridgehead atoms. The molecule has 0 atom stereocenters. The minimum absolute atomic E-state index is 0.0285. The number of halogens is 2. The second-order valence-electron chi connectivity index (χ2n) is 6.39. The lowest BCUT2D eigenvalue weighted by molar-refractivity contribution is -0.126. The maximum Gasteiger partial charge on any atom is 0.255 e. The van der Waals surface area contributed by atoms with Crippen LogP contribution in [-0.2, 0) is 11.3 Å². The first-order valence-corrected chi connectivity index (χ1v) is 8.98. The fourth-order valence-electron chi connectivity index (χ4n) is 3.09. The molecule has 0 aliphatic carbocycles. The molecule has 6 heteroatoms. The molecule has 0 radical (unpaired) electrons. The van der Waals surface area contributed by atoms with Gasteiger partial charge in [-0.2, -0.15) is 0 Å². The van der Waals surface area contributed by atoms with E-state index in [1.54, 1.807) is 41.3 Å². The first kappa shape index (κ1) is 18.4. The monoisotopic (exact) mass is 374 g/mol. The molecule has 0 aromatic heterocycles. The van der Waals surface area contributed by atoms with Gasteiger partial charge in [0.15, 0.2) is 0 Å². The normalized spacial score (nSPS) is 14.9. The molecule has 0 spiro atoms. The van der Waals surface area contributed by atoms with E-state index in [-0.39, 0.29) is 23.5 Å². The second kappa shape index (κ2) is 8.32. The van der Waals surface area contributed by atoms with Gasteiger partial charge >= 0.3 is 0 Å². The predicted molar refractivity (Wildman–Crippen MR) is 98.3 cm³/mol. The minimum Gasteiger partial charge on any atom is -0.352 e. The largest absolute Gasteiger partial charge is 0.352 e. The van der Waals surface area contributed by atoms with E-state index in [2.05, 4.69) is 5.32 Å². The maximum atomic E-state index is 12.9. The number of hydrogen-bond acceptors (Lipinski definition) is 2. The number of likely N-dealkylation sites (tertiary alicyclic amines) is 1. The van der Waals surface area contributed by atoms with E-state index in [0.29, 0.717) is 43.1 Å². The Hall–Kier alpha value is -2.40. The van der Waals surface area contributed by atoms with Crippen molar-refractivity contribution >= 4 is 23.4 Å². The van der Waals surface area contributed by atoms with Gasteiger partial charge in [0.1, 0.15) is 5.82 Å². The van der Waals surface area contributed by atoms with Crippen LogP contribution >= 0.6 is 11.6 Å². The molecular weight excluding hydrogens is 355 g/mol. The van der Waals surface area contributed by atoms with Gasteiger partial charge in [0, 0.05) is 25.6 Å². The Morgan fingerprint density at radius 1 is 1.08 bits per heavy atom. The molecule has 1 saturated heterocycles. The van der Waals surface area contributed by atoms with Crippen molar-refractivity contribution < 1.29 is 14.0 Å². The molecule has 1 aliphatic rings. The van der Waals surface area contributed by atoms with E-state index in [1.807, 2.05) is 0 Å². The van der Waals surface area contributed by atoms with Gasteiger partial charge in [0.05, 0.1) is 10.6 Å². The van der Waals surface area contributed by atoms with Gasteiger partial charge in [-0.3, -0.25) is 9.59 Å². The lowest BCUT2D eigenvalue weighted by Gasteiger charge is -2.31. The van der Waals surface area contributed by atoms with Gasteiger partial charge < -0.3 is 10.2 Å². The van der Waals surface area contributed by atoms with Gasteiger partial charge in [-0.05, 0) is 42.7 Å². The molecule has 26 heavy (non-hydrogen) atoms. The third kappa shape index (κ3) is 4.41. The van der Waals surface area contributed by atoms with Gasteiger partial charge in [0.25, 0.3) is 5.91 Å². The molecule has 3 rings (SSSR count). The zero-order valence-corrected chi connectivity index (χ0v) is 15.0.